The van der Waals surface area contributed by atoms with E-state index in [2.05, 4.69) is 12.1 Å². The molecule has 0 aliphatic rings. The minimum atomic E-state index is 0.773. The lowest BCUT2D eigenvalue weighted by Crippen LogP contribution is -2.16. The molecule has 0 aliphatic carbocycles. The Balaban J connectivity index is 2.15. The Hall–Kier alpha value is -1.25. The molecule has 4 radical (unpaired) electrons. The zero-order valence-electron chi connectivity index (χ0n) is 9.59. The summed E-state index contributed by atoms with van der Waals surface area (Å²) in [4.78, 5) is 2.30. The Kier molecular flexibility index (Phi) is 3.14. The highest BCUT2D eigenvalue weighted by Crippen LogP contribution is 2.26. The van der Waals surface area contributed by atoms with Crippen molar-refractivity contribution >= 4 is 49.3 Å². The fraction of sp³-hybridized carbons (Fsp3) is 0. The van der Waals surface area contributed by atoms with E-state index in [9.17, 15) is 0 Å². The minimum Gasteiger partial charge on any atom is -0.144 e. The van der Waals surface area contributed by atoms with Gasteiger partial charge in [-0.2, -0.15) is 0 Å². The molecule has 3 rings (SSSR count). The number of hydrogen-bond donors (Lipinski definition) is 0. The Bertz CT molecular complexity index is 595. The summed E-state index contributed by atoms with van der Waals surface area (Å²) in [5.41, 5.74) is 3.58. The van der Waals surface area contributed by atoms with Crippen LogP contribution in [0.1, 0.15) is 0 Å². The van der Waals surface area contributed by atoms with Gasteiger partial charge in [0.05, 0.1) is 0 Å². The summed E-state index contributed by atoms with van der Waals surface area (Å²) >= 11 is 3.34. The topological polar surface area (TPSA) is 0 Å². The maximum absolute atomic E-state index is 6.14. The molecular weight excluding hydrogens is 254 g/mol. The normalized spacial score (nSPS) is 10.7. The first-order valence-electron chi connectivity index (χ1n) is 5.52. The summed E-state index contributed by atoms with van der Waals surface area (Å²) in [7, 11) is 12.3. The van der Waals surface area contributed by atoms with Crippen LogP contribution in [0.3, 0.4) is 0 Å². The molecule has 0 fully saturated rings. The Morgan fingerprint density at radius 3 is 1.50 bits per heavy atom. The van der Waals surface area contributed by atoms with Crippen LogP contribution in [-0.4, -0.2) is 15.7 Å². The van der Waals surface area contributed by atoms with Gasteiger partial charge in [0.1, 0.15) is 15.7 Å². The maximum atomic E-state index is 6.14. The van der Waals surface area contributed by atoms with Crippen molar-refractivity contribution in [2.45, 2.75) is 0 Å². The average Bonchev–Trinajstić information content (AvgIpc) is 3.02. The first kappa shape index (κ1) is 11.8. The predicted molar refractivity (Wildman–Crippen MR) is 83.8 cm³/mol. The molecule has 82 valence electrons. The Morgan fingerprint density at radius 1 is 0.722 bits per heavy atom. The molecule has 0 bridgehead atoms. The molecule has 0 unspecified atom stereocenters. The monoisotopic (exact) mass is 262 g/mol. The van der Waals surface area contributed by atoms with E-state index in [-0.39, 0.29) is 0 Å². The summed E-state index contributed by atoms with van der Waals surface area (Å²) in [6, 6.07) is 12.1. The van der Waals surface area contributed by atoms with Gasteiger partial charge >= 0.3 is 0 Å². The van der Waals surface area contributed by atoms with Crippen molar-refractivity contribution in [3.8, 4) is 20.9 Å². The molecule has 2 heterocycles. The van der Waals surface area contributed by atoms with E-state index in [1.165, 1.54) is 0 Å². The maximum Gasteiger partial charge on any atom is 0.114 e. The van der Waals surface area contributed by atoms with Crippen molar-refractivity contribution in [3.63, 3.8) is 0 Å². The molecule has 0 aliphatic heterocycles. The molecule has 0 spiro atoms. The van der Waals surface area contributed by atoms with Crippen LogP contribution in [0.15, 0.2) is 47.2 Å². The van der Waals surface area contributed by atoms with Crippen LogP contribution in [0, 0.1) is 0 Å². The van der Waals surface area contributed by atoms with Crippen molar-refractivity contribution in [2.24, 2.45) is 0 Å². The van der Waals surface area contributed by atoms with Gasteiger partial charge in [-0.25, -0.2) is 0 Å². The van der Waals surface area contributed by atoms with Gasteiger partial charge in [-0.1, -0.05) is 35.2 Å². The standard InChI is InChI=1S/C14H8B2S2/c15-11-8-10(14-4-2-6-18-14)12(16)7-9(11)13-3-1-5-17-13/h1-8H. The Labute approximate surface area is 117 Å². The average molecular weight is 262 g/mol. The lowest BCUT2D eigenvalue weighted by atomic mass is 9.80. The number of thiophene rings is 2. The molecule has 0 nitrogen and oxygen atoms in total. The summed E-state index contributed by atoms with van der Waals surface area (Å²) in [5.74, 6) is 0. The molecular formula is C14H8B2S2. The smallest absolute Gasteiger partial charge is 0.114 e. The van der Waals surface area contributed by atoms with E-state index < -0.39 is 0 Å². The third-order valence-corrected chi connectivity index (χ3v) is 4.60. The first-order chi connectivity index (χ1) is 8.75. The lowest BCUT2D eigenvalue weighted by molar-refractivity contribution is 1.78. The number of hydrogen-bond acceptors (Lipinski definition) is 2. The van der Waals surface area contributed by atoms with Gasteiger partial charge in [-0.3, -0.25) is 0 Å². The molecule has 0 saturated carbocycles. The Morgan fingerprint density at radius 2 is 1.17 bits per heavy atom. The van der Waals surface area contributed by atoms with Crippen LogP contribution < -0.4 is 10.9 Å². The molecule has 0 amide bonds. The van der Waals surface area contributed by atoms with Crippen LogP contribution in [-0.2, 0) is 0 Å². The van der Waals surface area contributed by atoms with E-state index >= 15 is 0 Å². The quantitative estimate of drug-likeness (QED) is 0.623. The van der Waals surface area contributed by atoms with Crippen LogP contribution in [0.4, 0.5) is 0 Å². The van der Waals surface area contributed by atoms with Crippen LogP contribution in [0.25, 0.3) is 20.9 Å². The highest BCUT2D eigenvalue weighted by Gasteiger charge is 2.08. The molecule has 18 heavy (non-hydrogen) atoms. The first-order valence-corrected chi connectivity index (χ1v) is 7.28. The van der Waals surface area contributed by atoms with Crippen molar-refractivity contribution in [1.29, 1.82) is 0 Å². The van der Waals surface area contributed by atoms with Gasteiger partial charge < -0.3 is 0 Å². The SMILES string of the molecule is [B]c1cc(-c2cccs2)c([B])cc1-c1cccs1. The van der Waals surface area contributed by atoms with E-state index in [0.717, 1.165) is 31.8 Å². The highest BCUT2D eigenvalue weighted by molar-refractivity contribution is 7.14. The minimum absolute atomic E-state index is 0.773. The van der Waals surface area contributed by atoms with Crippen LogP contribution in [0.2, 0.25) is 0 Å². The summed E-state index contributed by atoms with van der Waals surface area (Å²) in [6.45, 7) is 0. The highest BCUT2D eigenvalue weighted by atomic mass is 32.1. The third-order valence-electron chi connectivity index (χ3n) is 2.79. The second kappa shape index (κ2) is 4.79. The fourth-order valence-corrected chi connectivity index (χ4v) is 3.45. The van der Waals surface area contributed by atoms with E-state index in [4.69, 9.17) is 15.7 Å². The fourth-order valence-electron chi connectivity index (χ4n) is 1.92. The molecule has 1 aromatic carbocycles. The van der Waals surface area contributed by atoms with E-state index in [0.29, 0.717) is 0 Å². The largest absolute Gasteiger partial charge is 0.144 e. The van der Waals surface area contributed by atoms with Gasteiger partial charge in [-0.15, -0.1) is 22.7 Å². The van der Waals surface area contributed by atoms with Crippen LogP contribution >= 0.6 is 22.7 Å². The third kappa shape index (κ3) is 2.06. The van der Waals surface area contributed by atoms with Crippen molar-refractivity contribution in [1.82, 2.24) is 0 Å². The molecule has 0 atom stereocenters. The zero-order valence-corrected chi connectivity index (χ0v) is 11.2. The molecule has 4 heteroatoms. The molecule has 0 saturated heterocycles. The molecule has 3 aromatic rings. The predicted octanol–water partition coefficient (Wildman–Crippen LogP) is 2.73. The molecule has 2 aromatic heterocycles. The van der Waals surface area contributed by atoms with Crippen molar-refractivity contribution < 1.29 is 0 Å². The van der Waals surface area contributed by atoms with Gasteiger partial charge in [0.2, 0.25) is 0 Å². The lowest BCUT2D eigenvalue weighted by Gasteiger charge is -2.11. The van der Waals surface area contributed by atoms with E-state index in [1.54, 1.807) is 22.7 Å². The second-order valence-corrected chi connectivity index (χ2v) is 5.88. The van der Waals surface area contributed by atoms with Gasteiger partial charge in [0, 0.05) is 9.75 Å². The van der Waals surface area contributed by atoms with Crippen LogP contribution in [0.5, 0.6) is 0 Å². The summed E-state index contributed by atoms with van der Waals surface area (Å²) in [6.07, 6.45) is 0. The van der Waals surface area contributed by atoms with Gasteiger partial charge in [0.15, 0.2) is 0 Å². The van der Waals surface area contributed by atoms with Crippen molar-refractivity contribution in [2.75, 3.05) is 0 Å². The summed E-state index contributed by atoms with van der Waals surface area (Å²) in [5, 5.41) is 4.08. The number of benzene rings is 1. The van der Waals surface area contributed by atoms with Gasteiger partial charge in [0.25, 0.3) is 0 Å². The number of rotatable bonds is 2. The van der Waals surface area contributed by atoms with Gasteiger partial charge in [-0.05, 0) is 34.0 Å². The molecule has 0 N–H and O–H groups in total. The van der Waals surface area contributed by atoms with Crippen molar-refractivity contribution in [3.05, 3.63) is 47.2 Å². The zero-order chi connectivity index (χ0) is 12.5. The summed E-state index contributed by atoms with van der Waals surface area (Å²) < 4.78 is 0. The second-order valence-electron chi connectivity index (χ2n) is 3.98. The van der Waals surface area contributed by atoms with E-state index in [1.807, 2.05) is 35.0 Å².